The molecule has 2 amide bonds. The van der Waals surface area contributed by atoms with E-state index in [0.717, 1.165) is 12.1 Å². The minimum atomic E-state index is -4.11. The molecule has 2 atom stereocenters. The third-order valence-corrected chi connectivity index (χ3v) is 5.36. The van der Waals surface area contributed by atoms with Crippen LogP contribution >= 0.6 is 15.9 Å². The Kier molecular flexibility index (Phi) is 3.93. The monoisotopic (exact) mass is 405 g/mol. The van der Waals surface area contributed by atoms with Crippen LogP contribution in [0.3, 0.4) is 0 Å². The van der Waals surface area contributed by atoms with E-state index in [1.807, 2.05) is 0 Å². The minimum absolute atomic E-state index is 0.0340. The fraction of sp³-hybridized carbons (Fsp3) is 0.385. The number of carbonyl (C=O) groups excluding carboxylic acids is 2. The van der Waals surface area contributed by atoms with E-state index < -0.39 is 34.1 Å². The Labute approximate surface area is 140 Å². The maximum Gasteiger partial charge on any atom is 0.255 e. The Bertz CT molecular complexity index is 810. The Balaban J connectivity index is 2.04. The summed E-state index contributed by atoms with van der Waals surface area (Å²) in [5.74, 6) is -1.06. The Hall–Kier alpha value is -1.52. The molecular formula is C13H13BrFN3O4S. The molecule has 1 aromatic carbocycles. The number of amides is 2. The number of halogens is 2. The minimum Gasteiger partial charge on any atom is -0.346 e. The van der Waals surface area contributed by atoms with Crippen molar-refractivity contribution in [1.29, 1.82) is 0 Å². The molecule has 1 aromatic rings. The molecule has 0 radical (unpaired) electrons. The van der Waals surface area contributed by atoms with Crippen molar-refractivity contribution in [3.8, 4) is 0 Å². The summed E-state index contributed by atoms with van der Waals surface area (Å²) >= 11 is 3.17. The van der Waals surface area contributed by atoms with Crippen molar-refractivity contribution in [3.63, 3.8) is 0 Å². The van der Waals surface area contributed by atoms with Crippen LogP contribution in [-0.2, 0) is 10.0 Å². The zero-order valence-corrected chi connectivity index (χ0v) is 14.2. The van der Waals surface area contributed by atoms with Gasteiger partial charge in [0, 0.05) is 24.0 Å². The fourth-order valence-corrected chi connectivity index (χ4v) is 3.21. The lowest BCUT2D eigenvalue weighted by molar-refractivity contribution is 0.0884. The second-order valence-electron chi connectivity index (χ2n) is 5.50. The Morgan fingerprint density at radius 1 is 1.30 bits per heavy atom. The van der Waals surface area contributed by atoms with E-state index in [0.29, 0.717) is 13.1 Å². The number of hydrogen-bond donors (Lipinski definition) is 2. The number of sulfonamides is 1. The van der Waals surface area contributed by atoms with Gasteiger partial charge in [-0.3, -0.25) is 9.59 Å². The summed E-state index contributed by atoms with van der Waals surface area (Å²) in [6.45, 7) is 1.13. The number of nitrogens with zero attached hydrogens (tertiary/aromatic N) is 1. The van der Waals surface area contributed by atoms with Gasteiger partial charge in [-0.2, -0.15) is 0 Å². The van der Waals surface area contributed by atoms with Crippen molar-refractivity contribution < 1.29 is 22.4 Å². The second kappa shape index (κ2) is 5.53. The summed E-state index contributed by atoms with van der Waals surface area (Å²) in [5.41, 5.74) is -0.0346. The first-order chi connectivity index (χ1) is 10.7. The predicted octanol–water partition coefficient (Wildman–Crippen LogP) is 0.393. The number of alkyl halides is 1. The van der Waals surface area contributed by atoms with Crippen molar-refractivity contribution in [2.24, 2.45) is 5.14 Å². The van der Waals surface area contributed by atoms with E-state index in [9.17, 15) is 22.4 Å². The third-order valence-electron chi connectivity index (χ3n) is 3.61. The fourth-order valence-electron chi connectivity index (χ4n) is 2.07. The van der Waals surface area contributed by atoms with E-state index in [1.165, 1.54) is 4.90 Å². The van der Waals surface area contributed by atoms with Crippen molar-refractivity contribution in [2.75, 3.05) is 13.1 Å². The maximum absolute atomic E-state index is 12.9. The Morgan fingerprint density at radius 3 is 2.35 bits per heavy atom. The number of rotatable bonds is 4. The van der Waals surface area contributed by atoms with Crippen LogP contribution < -0.4 is 10.5 Å². The van der Waals surface area contributed by atoms with Crippen LogP contribution in [-0.4, -0.2) is 50.4 Å². The van der Waals surface area contributed by atoms with E-state index in [1.54, 1.807) is 0 Å². The van der Waals surface area contributed by atoms with Gasteiger partial charge in [-0.15, -0.1) is 0 Å². The lowest BCUT2D eigenvalue weighted by Gasteiger charge is -2.12. The molecule has 3 rings (SSSR count). The lowest BCUT2D eigenvalue weighted by Crippen LogP contribution is -2.28. The molecule has 7 nitrogen and oxygen atoms in total. The van der Waals surface area contributed by atoms with E-state index in [4.69, 9.17) is 5.14 Å². The highest BCUT2D eigenvalue weighted by Crippen LogP contribution is 2.30. The van der Waals surface area contributed by atoms with Crippen LogP contribution in [0.15, 0.2) is 21.5 Å². The highest BCUT2D eigenvalue weighted by Gasteiger charge is 2.39. The number of primary sulfonamides is 1. The molecule has 124 valence electrons. The average molecular weight is 406 g/mol. The first kappa shape index (κ1) is 16.3. The normalized spacial score (nSPS) is 22.7. The zero-order valence-electron chi connectivity index (χ0n) is 11.8. The topological polar surface area (TPSA) is 109 Å². The zero-order chi connectivity index (χ0) is 16.9. The van der Waals surface area contributed by atoms with E-state index >= 15 is 0 Å². The summed E-state index contributed by atoms with van der Waals surface area (Å²) < 4.78 is 36.3. The Morgan fingerprint density at radius 2 is 1.87 bits per heavy atom. The van der Waals surface area contributed by atoms with Crippen molar-refractivity contribution in [2.45, 2.75) is 23.5 Å². The first-order valence-electron chi connectivity index (χ1n) is 6.79. The van der Waals surface area contributed by atoms with Gasteiger partial charge in [0.05, 0.1) is 22.1 Å². The van der Waals surface area contributed by atoms with E-state index in [2.05, 4.69) is 21.2 Å². The quantitative estimate of drug-likeness (QED) is 0.706. The molecule has 1 aliphatic carbocycles. The molecule has 0 spiro atoms. The number of benzene rings is 1. The SMILES string of the molecule is NS(=O)(=O)c1cc(C(=O)N[C@H]2C[C@H]2F)c(Br)c(C(=O)N2CC2)c1. The van der Waals surface area contributed by atoms with Gasteiger partial charge in [0.1, 0.15) is 6.17 Å². The summed E-state index contributed by atoms with van der Waals surface area (Å²) in [4.78, 5) is 25.6. The largest absolute Gasteiger partial charge is 0.346 e. The molecular weight excluding hydrogens is 393 g/mol. The van der Waals surface area contributed by atoms with Gasteiger partial charge in [0.15, 0.2) is 0 Å². The second-order valence-corrected chi connectivity index (χ2v) is 7.86. The van der Waals surface area contributed by atoms with Gasteiger partial charge in [0.2, 0.25) is 10.0 Å². The van der Waals surface area contributed by atoms with Crippen molar-refractivity contribution >= 4 is 37.8 Å². The van der Waals surface area contributed by atoms with Crippen LogP contribution in [0.5, 0.6) is 0 Å². The van der Waals surface area contributed by atoms with Crippen LogP contribution in [0.1, 0.15) is 27.1 Å². The molecule has 0 bridgehead atoms. The molecule has 2 aliphatic rings. The number of carbonyl (C=O) groups is 2. The van der Waals surface area contributed by atoms with Gasteiger partial charge in [-0.25, -0.2) is 17.9 Å². The highest BCUT2D eigenvalue weighted by atomic mass is 79.9. The third kappa shape index (κ3) is 3.38. The van der Waals surface area contributed by atoms with Crippen LogP contribution in [0.25, 0.3) is 0 Å². The molecule has 1 saturated heterocycles. The summed E-state index contributed by atoms with van der Waals surface area (Å²) in [7, 11) is -4.11. The molecule has 1 saturated carbocycles. The standard InChI is InChI=1S/C13H13BrFN3O4S/c14-11-7(12(19)17-10-5-9(10)15)3-6(23(16,21)22)4-8(11)13(20)18-1-2-18/h3-4,9-10H,1-2,5H2,(H,17,19)(H2,16,21,22)/t9-,10+/m1/s1. The molecule has 10 heteroatoms. The van der Waals surface area contributed by atoms with Gasteiger partial charge < -0.3 is 10.2 Å². The lowest BCUT2D eigenvalue weighted by atomic mass is 10.1. The van der Waals surface area contributed by atoms with Crippen molar-refractivity contribution in [1.82, 2.24) is 10.2 Å². The first-order valence-corrected chi connectivity index (χ1v) is 9.13. The number of hydrogen-bond acceptors (Lipinski definition) is 4. The molecule has 23 heavy (non-hydrogen) atoms. The smallest absolute Gasteiger partial charge is 0.255 e. The molecule has 0 aromatic heterocycles. The number of nitrogens with one attached hydrogen (secondary N) is 1. The van der Waals surface area contributed by atoms with Gasteiger partial charge in [-0.1, -0.05) is 0 Å². The van der Waals surface area contributed by atoms with Gasteiger partial charge in [-0.05, 0) is 28.1 Å². The molecule has 2 fully saturated rings. The van der Waals surface area contributed by atoms with Crippen molar-refractivity contribution in [3.05, 3.63) is 27.7 Å². The van der Waals surface area contributed by atoms with E-state index in [-0.39, 0.29) is 26.9 Å². The van der Waals surface area contributed by atoms with Gasteiger partial charge >= 0.3 is 0 Å². The summed E-state index contributed by atoms with van der Waals surface area (Å²) in [6.07, 6.45) is -0.879. The summed E-state index contributed by atoms with van der Waals surface area (Å²) in [5, 5.41) is 7.56. The molecule has 1 aliphatic heterocycles. The van der Waals surface area contributed by atoms with Crippen LogP contribution in [0.4, 0.5) is 4.39 Å². The molecule has 0 unspecified atom stereocenters. The van der Waals surface area contributed by atoms with Crippen LogP contribution in [0.2, 0.25) is 0 Å². The average Bonchev–Trinajstić information content (AvgIpc) is 3.35. The predicted molar refractivity (Wildman–Crippen MR) is 82.2 cm³/mol. The summed E-state index contributed by atoms with van der Waals surface area (Å²) in [6, 6.07) is 1.62. The maximum atomic E-state index is 12.9. The number of nitrogens with two attached hydrogens (primary N) is 1. The molecule has 3 N–H and O–H groups in total. The van der Waals surface area contributed by atoms with Gasteiger partial charge in [0.25, 0.3) is 11.8 Å². The molecule has 1 heterocycles. The van der Waals surface area contributed by atoms with Crippen LogP contribution in [0, 0.1) is 0 Å². The highest BCUT2D eigenvalue weighted by molar-refractivity contribution is 9.10.